The average Bonchev–Trinajstić information content (AvgIpc) is 3.31. The number of amides is 1. The third-order valence-electron chi connectivity index (χ3n) is 4.16. The molecule has 0 bridgehead atoms. The second-order valence-corrected chi connectivity index (χ2v) is 6.68. The number of thioether (sulfide) groups is 1. The maximum atomic E-state index is 12.4. The zero-order valence-electron chi connectivity index (χ0n) is 16.5. The van der Waals surface area contributed by atoms with Gasteiger partial charge in [-0.1, -0.05) is 23.0 Å². The highest BCUT2D eigenvalue weighted by atomic mass is 32.2. The van der Waals surface area contributed by atoms with E-state index in [4.69, 9.17) is 7.26 Å². The lowest BCUT2D eigenvalue weighted by molar-refractivity contribution is -0.144. The van der Waals surface area contributed by atoms with E-state index < -0.39 is 24.4 Å². The van der Waals surface area contributed by atoms with Crippen LogP contribution in [0, 0.1) is 0 Å². The van der Waals surface area contributed by atoms with Crippen LogP contribution in [-0.2, 0) is 10.4 Å². The lowest BCUT2D eigenvalue weighted by Gasteiger charge is -2.16. The van der Waals surface area contributed by atoms with Gasteiger partial charge in [-0.3, -0.25) is 4.79 Å². The minimum absolute atomic E-state index is 0.182. The second kappa shape index (κ2) is 6.75. The van der Waals surface area contributed by atoms with Crippen molar-refractivity contribution >= 4 is 17.7 Å². The quantitative estimate of drug-likeness (QED) is 0.537. The molecule has 0 aromatic carbocycles. The number of carbonyl (C=O) groups is 1. The zero-order chi connectivity index (χ0) is 20.8. The first-order valence-electron chi connectivity index (χ1n) is 9.18. The van der Waals surface area contributed by atoms with Crippen LogP contribution < -0.4 is 0 Å². The fraction of sp³-hybridized carbons (Fsp3) is 0.278. The molecule has 9 heteroatoms. The number of nitrogens with zero attached hydrogens (tertiary/aromatic N) is 5. The van der Waals surface area contributed by atoms with Crippen LogP contribution in [0.1, 0.15) is 14.9 Å². The monoisotopic (exact) mass is 385 g/mol. The van der Waals surface area contributed by atoms with Gasteiger partial charge in [0.2, 0.25) is 5.60 Å². The topological polar surface area (TPSA) is 105 Å². The third-order valence-corrected chi connectivity index (χ3v) is 4.72. The number of aliphatic hydroxyl groups is 1. The predicted octanol–water partition coefficient (Wildman–Crippen LogP) is 1.97. The molecule has 4 rings (SSSR count). The Morgan fingerprint density at radius 3 is 2.70 bits per heavy atom. The molecule has 0 aliphatic carbocycles. The van der Waals surface area contributed by atoms with Crippen molar-refractivity contribution in [2.75, 3.05) is 19.8 Å². The number of carbonyl (C=O) groups excluding carboxylic acids is 1. The summed E-state index contributed by atoms with van der Waals surface area (Å²) in [6.45, 7) is -1.20. The Kier molecular flexibility index (Phi) is 3.82. The van der Waals surface area contributed by atoms with Gasteiger partial charge in [0.25, 0.3) is 5.91 Å². The summed E-state index contributed by atoms with van der Waals surface area (Å²) in [6.07, 6.45) is 2.11. The van der Waals surface area contributed by atoms with Crippen molar-refractivity contribution in [3.05, 3.63) is 42.3 Å². The molecule has 1 saturated heterocycles. The highest BCUT2D eigenvalue weighted by Crippen LogP contribution is 2.34. The van der Waals surface area contributed by atoms with Gasteiger partial charge in [0.05, 0.1) is 17.1 Å². The molecule has 138 valence electrons. The van der Waals surface area contributed by atoms with E-state index in [0.717, 1.165) is 4.90 Å². The van der Waals surface area contributed by atoms with E-state index in [1.54, 1.807) is 30.5 Å². The number of aromatic nitrogens is 4. The normalized spacial score (nSPS) is 26.2. The molecule has 1 amide bonds. The Morgan fingerprint density at radius 2 is 2.00 bits per heavy atom. The molecule has 0 saturated carbocycles. The van der Waals surface area contributed by atoms with E-state index in [9.17, 15) is 9.90 Å². The summed E-state index contributed by atoms with van der Waals surface area (Å²) in [7, 11) is 1.37. The minimum atomic E-state index is -2.26. The second-order valence-electron chi connectivity index (χ2n) is 5.91. The van der Waals surface area contributed by atoms with Gasteiger partial charge in [0.15, 0.2) is 10.9 Å². The van der Waals surface area contributed by atoms with E-state index in [1.807, 2.05) is 6.26 Å². The first-order valence-corrected chi connectivity index (χ1v) is 9.25. The number of hydrogen-bond acceptors (Lipinski definition) is 8. The molecule has 4 heterocycles. The fourth-order valence-corrected chi connectivity index (χ4v) is 3.05. The van der Waals surface area contributed by atoms with E-state index in [0.29, 0.717) is 27.9 Å². The van der Waals surface area contributed by atoms with Gasteiger partial charge < -0.3 is 14.5 Å². The summed E-state index contributed by atoms with van der Waals surface area (Å²) < 4.78 is 21.2. The Bertz CT molecular complexity index is 1080. The van der Waals surface area contributed by atoms with Crippen molar-refractivity contribution in [1.82, 2.24) is 25.0 Å². The molecule has 0 spiro atoms. The third kappa shape index (κ3) is 3.08. The van der Waals surface area contributed by atoms with Crippen LogP contribution in [0.15, 0.2) is 46.2 Å². The van der Waals surface area contributed by atoms with Gasteiger partial charge in [-0.15, -0.1) is 0 Å². The fourth-order valence-electron chi connectivity index (χ4n) is 2.69. The summed E-state index contributed by atoms with van der Waals surface area (Å²) in [4.78, 5) is 26.5. The van der Waals surface area contributed by atoms with Crippen LogP contribution >= 0.6 is 11.8 Å². The van der Waals surface area contributed by atoms with Gasteiger partial charge in [-0.25, -0.2) is 15.0 Å². The lowest BCUT2D eigenvalue weighted by Crippen LogP contribution is -2.35. The highest BCUT2D eigenvalue weighted by Gasteiger charge is 2.48. The van der Waals surface area contributed by atoms with Crippen molar-refractivity contribution in [2.45, 2.75) is 17.2 Å². The molecule has 0 radical (unpaired) electrons. The SMILES string of the molecule is [2H]C1C([2H])[C@@](O)(c2cc(-c3cccc(-c4ccnc(SC)n4)n3)no2)C(=O)N1C. The summed E-state index contributed by atoms with van der Waals surface area (Å²) >= 11 is 1.42. The average molecular weight is 385 g/mol. The summed E-state index contributed by atoms with van der Waals surface area (Å²) in [5, 5.41) is 15.4. The first kappa shape index (κ1) is 15.3. The van der Waals surface area contributed by atoms with Crippen LogP contribution in [-0.4, -0.2) is 55.8 Å². The number of likely N-dealkylation sites (N-methyl/N-ethyl adjacent to an activating group) is 1. The smallest absolute Gasteiger partial charge is 0.262 e. The van der Waals surface area contributed by atoms with E-state index in [-0.39, 0.29) is 5.76 Å². The number of pyridine rings is 1. The van der Waals surface area contributed by atoms with Gasteiger partial charge in [-0.05, 0) is 24.5 Å². The maximum Gasteiger partial charge on any atom is 0.262 e. The van der Waals surface area contributed by atoms with Crippen molar-refractivity contribution in [3.8, 4) is 22.8 Å². The number of rotatable bonds is 4. The Labute approximate surface area is 162 Å². The number of likely N-dealkylation sites (tertiary alicyclic amines) is 1. The highest BCUT2D eigenvalue weighted by molar-refractivity contribution is 7.98. The molecule has 1 aliphatic heterocycles. The number of hydrogen-bond donors (Lipinski definition) is 1. The molecule has 3 aromatic rings. The van der Waals surface area contributed by atoms with Crippen molar-refractivity contribution in [2.24, 2.45) is 0 Å². The molecule has 1 fully saturated rings. The molecular weight excluding hydrogens is 366 g/mol. The summed E-state index contributed by atoms with van der Waals surface area (Å²) in [5.41, 5.74) is -0.267. The maximum absolute atomic E-state index is 12.4. The van der Waals surface area contributed by atoms with Gasteiger partial charge in [-0.2, -0.15) is 0 Å². The molecule has 2 unspecified atom stereocenters. The van der Waals surface area contributed by atoms with Crippen LogP contribution in [0.25, 0.3) is 22.8 Å². The van der Waals surface area contributed by atoms with Crippen molar-refractivity contribution < 1.29 is 17.2 Å². The predicted molar refractivity (Wildman–Crippen MR) is 98.7 cm³/mol. The summed E-state index contributed by atoms with van der Waals surface area (Å²) in [5.74, 6) is -0.953. The van der Waals surface area contributed by atoms with Gasteiger partial charge >= 0.3 is 0 Å². The Balaban J connectivity index is 1.70. The minimum Gasteiger partial charge on any atom is -0.373 e. The van der Waals surface area contributed by atoms with Gasteiger partial charge in [0.1, 0.15) is 5.69 Å². The van der Waals surface area contributed by atoms with Crippen LogP contribution in [0.5, 0.6) is 0 Å². The standard InChI is InChI=1S/C18H17N5O3S/c1-23-9-7-18(25,16(23)24)15-10-14(22-26-15)12-5-3-4-11(20-12)13-6-8-19-17(21-13)27-2/h3-6,8,10,25H,7,9H2,1-2H3/t18-/m1/s1/i7D,9D/t7?,9?,18-. The molecule has 1 N–H and O–H groups in total. The summed E-state index contributed by atoms with van der Waals surface area (Å²) in [6, 6.07) is 8.41. The molecular formula is C18H17N5O3S. The van der Waals surface area contributed by atoms with Gasteiger partial charge in [0, 0.05) is 35.0 Å². The van der Waals surface area contributed by atoms with E-state index in [1.165, 1.54) is 24.9 Å². The zero-order valence-corrected chi connectivity index (χ0v) is 15.3. The van der Waals surface area contributed by atoms with Crippen molar-refractivity contribution in [1.29, 1.82) is 0 Å². The molecule has 1 aliphatic rings. The first-order chi connectivity index (χ1) is 13.9. The molecule has 3 aromatic heterocycles. The largest absolute Gasteiger partial charge is 0.373 e. The Hall–Kier alpha value is -2.78. The van der Waals surface area contributed by atoms with E-state index in [2.05, 4.69) is 20.1 Å². The van der Waals surface area contributed by atoms with Crippen LogP contribution in [0.3, 0.4) is 0 Å². The van der Waals surface area contributed by atoms with Crippen LogP contribution in [0.2, 0.25) is 0 Å². The van der Waals surface area contributed by atoms with Crippen molar-refractivity contribution in [3.63, 3.8) is 0 Å². The molecule has 3 atom stereocenters. The van der Waals surface area contributed by atoms with E-state index >= 15 is 0 Å². The molecule has 8 nitrogen and oxygen atoms in total. The molecule has 27 heavy (non-hydrogen) atoms. The Morgan fingerprint density at radius 1 is 1.26 bits per heavy atom. The lowest BCUT2D eigenvalue weighted by atomic mass is 9.98. The van der Waals surface area contributed by atoms with Crippen LogP contribution in [0.4, 0.5) is 0 Å².